The van der Waals surface area contributed by atoms with E-state index in [1.807, 2.05) is 0 Å². The number of esters is 1. The third kappa shape index (κ3) is 5.36. The van der Waals surface area contributed by atoms with Crippen molar-refractivity contribution >= 4 is 35.4 Å². The first-order chi connectivity index (χ1) is 14.5. The van der Waals surface area contributed by atoms with Crippen molar-refractivity contribution in [1.29, 1.82) is 0 Å². The van der Waals surface area contributed by atoms with Gasteiger partial charge < -0.3 is 15.4 Å². The summed E-state index contributed by atoms with van der Waals surface area (Å²) in [6.07, 6.45) is 2.02. The lowest BCUT2D eigenvalue weighted by atomic mass is 9.64. The van der Waals surface area contributed by atoms with Crippen LogP contribution in [-0.4, -0.2) is 47.4 Å². The normalized spacial score (nSPS) is 24.8. The van der Waals surface area contributed by atoms with E-state index < -0.39 is 42.5 Å². The Kier molecular flexibility index (Phi) is 6.59. The molecule has 1 aromatic carbocycles. The van der Waals surface area contributed by atoms with Gasteiger partial charge in [0.2, 0.25) is 0 Å². The molecule has 1 aliphatic carbocycles. The maximum Gasteiger partial charge on any atom is 0.326 e. The van der Waals surface area contributed by atoms with E-state index in [1.54, 1.807) is 24.3 Å². The molecule has 1 heterocycles. The summed E-state index contributed by atoms with van der Waals surface area (Å²) in [5.41, 5.74) is -0.347. The molecule has 8 nitrogen and oxygen atoms in total. The summed E-state index contributed by atoms with van der Waals surface area (Å²) in [6, 6.07) is 6.46. The zero-order valence-electron chi connectivity index (χ0n) is 18.0. The lowest BCUT2D eigenvalue weighted by Gasteiger charge is -2.43. The molecule has 2 atom stereocenters. The van der Waals surface area contributed by atoms with E-state index in [2.05, 4.69) is 31.4 Å². The van der Waals surface area contributed by atoms with Crippen LogP contribution in [0, 0.1) is 11.3 Å². The third-order valence-electron chi connectivity index (χ3n) is 5.71. The van der Waals surface area contributed by atoms with Crippen molar-refractivity contribution in [1.82, 2.24) is 15.5 Å². The van der Waals surface area contributed by atoms with Gasteiger partial charge in [-0.1, -0.05) is 50.6 Å². The average molecular weight is 450 g/mol. The van der Waals surface area contributed by atoms with E-state index >= 15 is 0 Å². The molecule has 168 valence electrons. The fraction of sp³-hybridized carbons (Fsp3) is 0.545. The molecule has 0 aromatic heterocycles. The standard InChI is InChI=1S/C22H28ClN3O5/c1-14-8-21(2,3)13-22(9-14)19(29)26(20(30)25-22)11-18(28)31-12-17(27)24-10-15-6-4-5-7-16(15)23/h4-7,14H,8-13H2,1-3H3,(H,24,27)(H,25,30)/t14-,22+/m0/s1. The number of carbonyl (C=O) groups excluding carboxylic acids is 4. The second-order valence-electron chi connectivity index (χ2n) is 9.29. The molecule has 0 radical (unpaired) electrons. The molecule has 1 saturated heterocycles. The number of urea groups is 1. The Bertz CT molecular complexity index is 903. The summed E-state index contributed by atoms with van der Waals surface area (Å²) < 4.78 is 4.96. The van der Waals surface area contributed by atoms with Crippen LogP contribution in [0.5, 0.6) is 0 Å². The third-order valence-corrected chi connectivity index (χ3v) is 6.08. The van der Waals surface area contributed by atoms with Crippen molar-refractivity contribution in [3.05, 3.63) is 34.9 Å². The van der Waals surface area contributed by atoms with Crippen LogP contribution in [0.3, 0.4) is 0 Å². The minimum absolute atomic E-state index is 0.100. The monoisotopic (exact) mass is 449 g/mol. The smallest absolute Gasteiger partial charge is 0.326 e. The van der Waals surface area contributed by atoms with Crippen LogP contribution < -0.4 is 10.6 Å². The largest absolute Gasteiger partial charge is 0.454 e. The minimum atomic E-state index is -0.981. The molecule has 2 N–H and O–H groups in total. The quantitative estimate of drug-likeness (QED) is 0.513. The van der Waals surface area contributed by atoms with Crippen LogP contribution in [0.2, 0.25) is 5.02 Å². The lowest BCUT2D eigenvalue weighted by Crippen LogP contribution is -2.54. The maximum atomic E-state index is 13.0. The topological polar surface area (TPSA) is 105 Å². The first-order valence-electron chi connectivity index (χ1n) is 10.3. The predicted molar refractivity (Wildman–Crippen MR) is 114 cm³/mol. The van der Waals surface area contributed by atoms with Crippen LogP contribution in [0.25, 0.3) is 0 Å². The summed E-state index contributed by atoms with van der Waals surface area (Å²) in [6.45, 7) is 5.35. The molecule has 1 saturated carbocycles. The van der Waals surface area contributed by atoms with Gasteiger partial charge in [-0.2, -0.15) is 0 Å². The molecule has 1 aromatic rings. The van der Waals surface area contributed by atoms with Crippen molar-refractivity contribution < 1.29 is 23.9 Å². The van der Waals surface area contributed by atoms with Crippen LogP contribution in [-0.2, 0) is 25.7 Å². The molecule has 0 unspecified atom stereocenters. The SMILES string of the molecule is C[C@H]1CC(C)(C)C[C@@]2(C1)NC(=O)N(CC(=O)OCC(=O)NCc1ccccc1Cl)C2=O. The van der Waals surface area contributed by atoms with Gasteiger partial charge in [-0.05, 0) is 42.2 Å². The maximum absolute atomic E-state index is 13.0. The number of nitrogens with zero attached hydrogens (tertiary/aromatic N) is 1. The Hall–Kier alpha value is -2.61. The number of nitrogens with one attached hydrogen (secondary N) is 2. The van der Waals surface area contributed by atoms with E-state index in [0.29, 0.717) is 17.9 Å². The molecule has 31 heavy (non-hydrogen) atoms. The van der Waals surface area contributed by atoms with Gasteiger partial charge in [0.1, 0.15) is 12.1 Å². The zero-order chi connectivity index (χ0) is 22.8. The van der Waals surface area contributed by atoms with E-state index in [-0.39, 0.29) is 17.9 Å². The molecule has 2 aliphatic rings. The predicted octanol–water partition coefficient (Wildman–Crippen LogP) is 2.64. The van der Waals surface area contributed by atoms with Crippen LogP contribution in [0.1, 0.15) is 45.6 Å². The van der Waals surface area contributed by atoms with Gasteiger partial charge >= 0.3 is 12.0 Å². The zero-order valence-corrected chi connectivity index (χ0v) is 18.8. The van der Waals surface area contributed by atoms with Gasteiger partial charge in [-0.15, -0.1) is 0 Å². The Balaban J connectivity index is 1.51. The molecule has 0 bridgehead atoms. The number of hydrogen-bond acceptors (Lipinski definition) is 5. The second-order valence-corrected chi connectivity index (χ2v) is 9.69. The molecular formula is C22H28ClN3O5. The number of hydrogen-bond donors (Lipinski definition) is 2. The first kappa shape index (κ1) is 23.1. The molecule has 3 rings (SSSR count). The summed E-state index contributed by atoms with van der Waals surface area (Å²) in [5, 5.41) is 5.93. The summed E-state index contributed by atoms with van der Waals surface area (Å²) in [4.78, 5) is 50.5. The van der Waals surface area contributed by atoms with E-state index in [1.165, 1.54) is 0 Å². The number of amides is 4. The highest BCUT2D eigenvalue weighted by atomic mass is 35.5. The average Bonchev–Trinajstić information content (AvgIpc) is 2.87. The second kappa shape index (κ2) is 8.86. The van der Waals surface area contributed by atoms with Crippen molar-refractivity contribution in [3.8, 4) is 0 Å². The fourth-order valence-electron chi connectivity index (χ4n) is 4.86. The van der Waals surface area contributed by atoms with Crippen molar-refractivity contribution in [2.75, 3.05) is 13.2 Å². The molecule has 1 aliphatic heterocycles. The van der Waals surface area contributed by atoms with Crippen molar-refractivity contribution in [3.63, 3.8) is 0 Å². The van der Waals surface area contributed by atoms with Crippen LogP contribution in [0.4, 0.5) is 4.79 Å². The number of ether oxygens (including phenoxy) is 1. The molecule has 2 fully saturated rings. The first-order valence-corrected chi connectivity index (χ1v) is 10.7. The van der Waals surface area contributed by atoms with Crippen molar-refractivity contribution in [2.45, 2.75) is 52.1 Å². The number of rotatable bonds is 6. The Morgan fingerprint density at radius 2 is 1.97 bits per heavy atom. The molecule has 4 amide bonds. The molecule has 9 heteroatoms. The van der Waals surface area contributed by atoms with Gasteiger partial charge in [0.25, 0.3) is 11.8 Å². The Morgan fingerprint density at radius 3 is 2.65 bits per heavy atom. The van der Waals surface area contributed by atoms with E-state index in [9.17, 15) is 19.2 Å². The van der Waals surface area contributed by atoms with Crippen LogP contribution >= 0.6 is 11.6 Å². The van der Waals surface area contributed by atoms with Gasteiger partial charge in [-0.3, -0.25) is 19.3 Å². The lowest BCUT2D eigenvalue weighted by molar-refractivity contribution is -0.151. The van der Waals surface area contributed by atoms with Gasteiger partial charge in [-0.25, -0.2) is 4.79 Å². The summed E-state index contributed by atoms with van der Waals surface area (Å²) in [7, 11) is 0. The van der Waals surface area contributed by atoms with E-state index in [4.69, 9.17) is 16.3 Å². The summed E-state index contributed by atoms with van der Waals surface area (Å²) in [5.74, 6) is -1.47. The Morgan fingerprint density at radius 1 is 1.26 bits per heavy atom. The van der Waals surface area contributed by atoms with Crippen LogP contribution in [0.15, 0.2) is 24.3 Å². The van der Waals surface area contributed by atoms with Gasteiger partial charge in [0, 0.05) is 11.6 Å². The number of imide groups is 1. The number of benzene rings is 1. The number of carbonyl (C=O) groups is 4. The highest BCUT2D eigenvalue weighted by molar-refractivity contribution is 6.31. The molecule has 1 spiro atoms. The van der Waals surface area contributed by atoms with Gasteiger partial charge in [0.05, 0.1) is 0 Å². The van der Waals surface area contributed by atoms with Crippen molar-refractivity contribution in [2.24, 2.45) is 11.3 Å². The number of halogens is 1. The minimum Gasteiger partial charge on any atom is -0.454 e. The van der Waals surface area contributed by atoms with E-state index in [0.717, 1.165) is 16.9 Å². The Labute approximate surface area is 186 Å². The summed E-state index contributed by atoms with van der Waals surface area (Å²) >= 11 is 6.03. The highest BCUT2D eigenvalue weighted by Gasteiger charge is 2.56. The fourth-order valence-corrected chi connectivity index (χ4v) is 5.06. The molecular weight excluding hydrogens is 422 g/mol. The van der Waals surface area contributed by atoms with Gasteiger partial charge in [0.15, 0.2) is 6.61 Å². The highest BCUT2D eigenvalue weighted by Crippen LogP contribution is 2.46.